The van der Waals surface area contributed by atoms with E-state index in [2.05, 4.69) is 5.10 Å². The summed E-state index contributed by atoms with van der Waals surface area (Å²) in [6.07, 6.45) is 1.64. The molecule has 0 unspecified atom stereocenters. The number of aromatic nitrogens is 2. The van der Waals surface area contributed by atoms with E-state index in [0.717, 1.165) is 18.2 Å². The third-order valence-corrected chi connectivity index (χ3v) is 4.44. The van der Waals surface area contributed by atoms with Crippen molar-refractivity contribution in [2.24, 2.45) is 0 Å². The molecule has 0 saturated heterocycles. The highest BCUT2D eigenvalue weighted by Crippen LogP contribution is 2.25. The molecule has 1 aliphatic heterocycles. The summed E-state index contributed by atoms with van der Waals surface area (Å²) in [4.78, 5) is 13.7. The zero-order valence-corrected chi connectivity index (χ0v) is 13.9. The fraction of sp³-hybridized carbons (Fsp3) is 0.158. The second-order valence-corrected chi connectivity index (χ2v) is 6.29. The fourth-order valence-electron chi connectivity index (χ4n) is 3.12. The Hall–Kier alpha value is -3.16. The molecule has 0 radical (unpaired) electrons. The molecule has 0 aliphatic carbocycles. The minimum absolute atomic E-state index is 0.0981. The van der Waals surface area contributed by atoms with Crippen LogP contribution in [-0.4, -0.2) is 20.6 Å². The molecule has 0 saturated carbocycles. The monoisotopic (exact) mass is 375 g/mol. The van der Waals surface area contributed by atoms with E-state index in [1.165, 1.54) is 27.8 Å². The van der Waals surface area contributed by atoms with Crippen LogP contribution in [0, 0.1) is 23.3 Å². The highest BCUT2D eigenvalue weighted by molar-refractivity contribution is 5.95. The van der Waals surface area contributed by atoms with Crippen LogP contribution in [0.15, 0.2) is 42.6 Å². The average molecular weight is 375 g/mol. The number of rotatable bonds is 3. The Kier molecular flexibility index (Phi) is 4.18. The second-order valence-electron chi connectivity index (χ2n) is 6.29. The van der Waals surface area contributed by atoms with E-state index in [-0.39, 0.29) is 25.2 Å². The molecule has 3 aromatic rings. The summed E-state index contributed by atoms with van der Waals surface area (Å²) in [5.41, 5.74) is 0.966. The van der Waals surface area contributed by atoms with Crippen molar-refractivity contribution < 1.29 is 22.4 Å². The van der Waals surface area contributed by atoms with Crippen LogP contribution >= 0.6 is 0 Å². The molecule has 4 nitrogen and oxygen atoms in total. The largest absolute Gasteiger partial charge is 0.328 e. The van der Waals surface area contributed by atoms with Crippen molar-refractivity contribution in [3.8, 4) is 0 Å². The molecule has 1 aromatic heterocycles. The van der Waals surface area contributed by atoms with E-state index in [4.69, 9.17) is 0 Å². The number of carbonyl (C=O) groups excluding carboxylic acids is 1. The van der Waals surface area contributed by atoms with Gasteiger partial charge < -0.3 is 4.90 Å². The van der Waals surface area contributed by atoms with Gasteiger partial charge in [0.05, 0.1) is 18.8 Å². The summed E-state index contributed by atoms with van der Waals surface area (Å²) >= 11 is 0. The summed E-state index contributed by atoms with van der Waals surface area (Å²) in [7, 11) is 0. The number of hydrogen-bond acceptors (Lipinski definition) is 2. The van der Waals surface area contributed by atoms with Crippen LogP contribution < -0.4 is 0 Å². The third kappa shape index (κ3) is 3.18. The average Bonchev–Trinajstić information content (AvgIpc) is 3.15. The van der Waals surface area contributed by atoms with Crippen molar-refractivity contribution in [1.82, 2.24) is 14.7 Å². The Morgan fingerprint density at radius 2 is 1.74 bits per heavy atom. The number of fused-ring (bicyclic) bond motifs is 1. The molecular formula is C19H13F4N3O. The molecule has 4 rings (SSSR count). The number of halogens is 4. The van der Waals surface area contributed by atoms with E-state index in [9.17, 15) is 22.4 Å². The standard InChI is InChI=1S/C19H13F4N3O/c20-13-5-4-11(16(23)6-13)8-26-9-12-7-25(10-17(12)24-26)19(27)18-14(21)2-1-3-15(18)22/h1-6,9H,7-8,10H2. The van der Waals surface area contributed by atoms with Crippen LogP contribution in [0.25, 0.3) is 0 Å². The van der Waals surface area contributed by atoms with Crippen molar-refractivity contribution in [1.29, 1.82) is 0 Å². The molecular weight excluding hydrogens is 362 g/mol. The Morgan fingerprint density at radius 3 is 2.41 bits per heavy atom. The SMILES string of the molecule is O=C(c1c(F)cccc1F)N1Cc2cn(Cc3ccc(F)cc3F)nc2C1. The van der Waals surface area contributed by atoms with Gasteiger partial charge >= 0.3 is 0 Å². The van der Waals surface area contributed by atoms with Gasteiger partial charge in [-0.2, -0.15) is 5.10 Å². The van der Waals surface area contributed by atoms with Crippen LogP contribution in [-0.2, 0) is 19.6 Å². The summed E-state index contributed by atoms with van der Waals surface area (Å²) in [6.45, 7) is 0.351. The van der Waals surface area contributed by atoms with Crippen molar-refractivity contribution in [3.63, 3.8) is 0 Å². The lowest BCUT2D eigenvalue weighted by molar-refractivity contribution is 0.0739. The van der Waals surface area contributed by atoms with Crippen LogP contribution in [0.5, 0.6) is 0 Å². The van der Waals surface area contributed by atoms with Gasteiger partial charge in [-0.25, -0.2) is 17.6 Å². The van der Waals surface area contributed by atoms with Crippen LogP contribution in [0.3, 0.4) is 0 Å². The Balaban J connectivity index is 1.51. The highest BCUT2D eigenvalue weighted by Gasteiger charge is 2.30. The molecule has 2 heterocycles. The number of benzene rings is 2. The second kappa shape index (κ2) is 6.53. The lowest BCUT2D eigenvalue weighted by atomic mass is 10.1. The van der Waals surface area contributed by atoms with Gasteiger partial charge in [0.25, 0.3) is 5.91 Å². The van der Waals surface area contributed by atoms with Crippen molar-refractivity contribution >= 4 is 5.91 Å². The molecule has 0 bridgehead atoms. The van der Waals surface area contributed by atoms with Gasteiger partial charge in [0.1, 0.15) is 28.8 Å². The van der Waals surface area contributed by atoms with Crippen LogP contribution in [0.1, 0.15) is 27.2 Å². The maximum Gasteiger partial charge on any atom is 0.260 e. The fourth-order valence-corrected chi connectivity index (χ4v) is 3.12. The molecule has 0 N–H and O–H groups in total. The molecule has 0 spiro atoms. The third-order valence-electron chi connectivity index (χ3n) is 4.44. The van der Waals surface area contributed by atoms with E-state index < -0.39 is 34.7 Å². The van der Waals surface area contributed by atoms with Gasteiger partial charge in [-0.15, -0.1) is 0 Å². The quantitative estimate of drug-likeness (QED) is 0.656. The van der Waals surface area contributed by atoms with E-state index in [1.807, 2.05) is 0 Å². The summed E-state index contributed by atoms with van der Waals surface area (Å²) in [6, 6.07) is 6.56. The molecule has 138 valence electrons. The number of carbonyl (C=O) groups is 1. The zero-order chi connectivity index (χ0) is 19.1. The van der Waals surface area contributed by atoms with Gasteiger partial charge in [-0.05, 0) is 18.2 Å². The summed E-state index contributed by atoms with van der Waals surface area (Å²) < 4.78 is 55.9. The number of nitrogens with zero attached hydrogens (tertiary/aromatic N) is 3. The molecule has 2 aromatic carbocycles. The predicted octanol–water partition coefficient (Wildman–Crippen LogP) is 3.64. The molecule has 1 amide bonds. The van der Waals surface area contributed by atoms with Crippen LogP contribution in [0.2, 0.25) is 0 Å². The van der Waals surface area contributed by atoms with Gasteiger partial charge in [-0.3, -0.25) is 9.48 Å². The number of amides is 1. The van der Waals surface area contributed by atoms with Crippen molar-refractivity contribution in [2.45, 2.75) is 19.6 Å². The molecule has 8 heteroatoms. The van der Waals surface area contributed by atoms with Crippen molar-refractivity contribution in [3.05, 3.63) is 88.2 Å². The van der Waals surface area contributed by atoms with E-state index in [1.54, 1.807) is 6.20 Å². The highest BCUT2D eigenvalue weighted by atomic mass is 19.1. The topological polar surface area (TPSA) is 38.1 Å². The normalized spacial score (nSPS) is 13.1. The van der Waals surface area contributed by atoms with E-state index in [0.29, 0.717) is 11.3 Å². The molecule has 0 fully saturated rings. The first-order valence-corrected chi connectivity index (χ1v) is 8.15. The van der Waals surface area contributed by atoms with Gasteiger partial charge in [0, 0.05) is 29.9 Å². The zero-order valence-electron chi connectivity index (χ0n) is 13.9. The van der Waals surface area contributed by atoms with Gasteiger partial charge in [0.2, 0.25) is 0 Å². The minimum atomic E-state index is -0.915. The van der Waals surface area contributed by atoms with Gasteiger partial charge in [0.15, 0.2) is 0 Å². The lowest BCUT2D eigenvalue weighted by Gasteiger charge is -2.16. The van der Waals surface area contributed by atoms with Crippen molar-refractivity contribution in [2.75, 3.05) is 0 Å². The Labute approximate surface area is 151 Å². The summed E-state index contributed by atoms with van der Waals surface area (Å²) in [5.74, 6) is -3.91. The lowest BCUT2D eigenvalue weighted by Crippen LogP contribution is -2.27. The van der Waals surface area contributed by atoms with Crippen LogP contribution in [0.4, 0.5) is 17.6 Å². The first-order valence-electron chi connectivity index (χ1n) is 8.15. The first-order chi connectivity index (χ1) is 12.9. The molecule has 0 atom stereocenters. The molecule has 1 aliphatic rings. The maximum atomic E-state index is 13.8. The first kappa shape index (κ1) is 17.3. The van der Waals surface area contributed by atoms with E-state index >= 15 is 0 Å². The maximum absolute atomic E-state index is 13.8. The Morgan fingerprint density at radius 1 is 1.00 bits per heavy atom. The van der Waals surface area contributed by atoms with Gasteiger partial charge in [-0.1, -0.05) is 12.1 Å². The molecule has 27 heavy (non-hydrogen) atoms. The smallest absolute Gasteiger partial charge is 0.260 e. The number of hydrogen-bond donors (Lipinski definition) is 0. The Bertz CT molecular complexity index is 1000. The summed E-state index contributed by atoms with van der Waals surface area (Å²) in [5, 5.41) is 4.30. The predicted molar refractivity (Wildman–Crippen MR) is 87.6 cm³/mol. The minimum Gasteiger partial charge on any atom is -0.328 e.